The summed E-state index contributed by atoms with van der Waals surface area (Å²) in [4.78, 5) is 4.61. The lowest BCUT2D eigenvalue weighted by Crippen LogP contribution is -2.13. The van der Waals surface area contributed by atoms with Crippen LogP contribution in [-0.2, 0) is 12.8 Å². The van der Waals surface area contributed by atoms with Gasteiger partial charge in [-0.3, -0.25) is 0 Å². The van der Waals surface area contributed by atoms with Crippen LogP contribution in [0.1, 0.15) is 31.0 Å². The number of rotatable bonds is 5. The number of anilines is 1. The first kappa shape index (κ1) is 11.4. The summed E-state index contributed by atoms with van der Waals surface area (Å²) in [6.07, 6.45) is 4.39. The second-order valence-electron chi connectivity index (χ2n) is 4.65. The van der Waals surface area contributed by atoms with Crippen LogP contribution < -0.4 is 5.32 Å². The van der Waals surface area contributed by atoms with Gasteiger partial charge < -0.3 is 10.4 Å². The van der Waals surface area contributed by atoms with E-state index in [0.29, 0.717) is 5.92 Å². The van der Waals surface area contributed by atoms with Crippen molar-refractivity contribution < 1.29 is 5.11 Å². The normalized spacial score (nSPS) is 15.9. The number of nitrogens with zero attached hydrogens (tertiary/aromatic N) is 1. The van der Waals surface area contributed by atoms with Gasteiger partial charge in [0.1, 0.15) is 5.82 Å². The summed E-state index contributed by atoms with van der Waals surface area (Å²) in [5.41, 5.74) is 2.67. The van der Waals surface area contributed by atoms with Crippen molar-refractivity contribution in [1.29, 1.82) is 0 Å². The number of hydrogen-bond donors (Lipinski definition) is 2. The number of hydrogen-bond acceptors (Lipinski definition) is 3. The highest BCUT2D eigenvalue weighted by atomic mass is 16.3. The first-order chi connectivity index (χ1) is 7.79. The van der Waals surface area contributed by atoms with Crippen LogP contribution in [0.3, 0.4) is 0 Å². The Bertz CT molecular complexity index is 352. The van der Waals surface area contributed by atoms with E-state index in [1.165, 1.54) is 24.1 Å². The van der Waals surface area contributed by atoms with Crippen molar-refractivity contribution in [3.05, 3.63) is 23.4 Å². The van der Waals surface area contributed by atoms with E-state index in [-0.39, 0.29) is 6.61 Å². The summed E-state index contributed by atoms with van der Waals surface area (Å²) in [5.74, 6) is 1.46. The van der Waals surface area contributed by atoms with Gasteiger partial charge in [0.15, 0.2) is 0 Å². The Morgan fingerprint density at radius 1 is 1.44 bits per heavy atom. The van der Waals surface area contributed by atoms with Crippen molar-refractivity contribution >= 4 is 5.82 Å². The van der Waals surface area contributed by atoms with E-state index in [1.54, 1.807) is 0 Å². The number of fused-ring (bicyclic) bond motifs is 1. The molecule has 16 heavy (non-hydrogen) atoms. The SMILES string of the molecule is CC(CCO)CNc1ccc2c(n1)CCC2. The van der Waals surface area contributed by atoms with Crippen LogP contribution in [0.2, 0.25) is 0 Å². The number of aromatic nitrogens is 1. The predicted molar refractivity (Wildman–Crippen MR) is 65.6 cm³/mol. The van der Waals surface area contributed by atoms with Crippen LogP contribution in [0, 0.1) is 5.92 Å². The Kier molecular flexibility index (Phi) is 3.78. The Morgan fingerprint density at radius 2 is 2.31 bits per heavy atom. The Morgan fingerprint density at radius 3 is 3.12 bits per heavy atom. The van der Waals surface area contributed by atoms with Crippen LogP contribution in [0.25, 0.3) is 0 Å². The highest BCUT2D eigenvalue weighted by Gasteiger charge is 2.12. The van der Waals surface area contributed by atoms with Gasteiger partial charge in [-0.05, 0) is 43.2 Å². The first-order valence-electron chi connectivity index (χ1n) is 6.13. The highest BCUT2D eigenvalue weighted by Crippen LogP contribution is 2.21. The zero-order valence-electron chi connectivity index (χ0n) is 9.87. The lowest BCUT2D eigenvalue weighted by atomic mass is 10.1. The molecule has 0 radical (unpaired) electrons. The van der Waals surface area contributed by atoms with Crippen molar-refractivity contribution in [2.45, 2.75) is 32.6 Å². The molecule has 1 heterocycles. The number of aliphatic hydroxyl groups excluding tert-OH is 1. The maximum atomic E-state index is 8.82. The molecule has 0 saturated heterocycles. The third-order valence-electron chi connectivity index (χ3n) is 3.18. The smallest absolute Gasteiger partial charge is 0.126 e. The molecule has 0 amide bonds. The molecule has 0 bridgehead atoms. The van der Waals surface area contributed by atoms with E-state index in [0.717, 1.165) is 25.2 Å². The van der Waals surface area contributed by atoms with Gasteiger partial charge >= 0.3 is 0 Å². The fourth-order valence-electron chi connectivity index (χ4n) is 2.12. The Balaban J connectivity index is 1.90. The van der Waals surface area contributed by atoms with Gasteiger partial charge in [-0.1, -0.05) is 13.0 Å². The van der Waals surface area contributed by atoms with Gasteiger partial charge in [-0.2, -0.15) is 0 Å². The van der Waals surface area contributed by atoms with E-state index >= 15 is 0 Å². The van der Waals surface area contributed by atoms with Crippen molar-refractivity contribution in [3.8, 4) is 0 Å². The first-order valence-corrected chi connectivity index (χ1v) is 6.13. The van der Waals surface area contributed by atoms with Crippen molar-refractivity contribution in [1.82, 2.24) is 4.98 Å². The van der Waals surface area contributed by atoms with Crippen LogP contribution in [0.4, 0.5) is 5.82 Å². The molecule has 2 N–H and O–H groups in total. The second kappa shape index (κ2) is 5.30. The van der Waals surface area contributed by atoms with Crippen molar-refractivity contribution in [2.24, 2.45) is 5.92 Å². The molecule has 2 rings (SSSR count). The minimum absolute atomic E-state index is 0.264. The lowest BCUT2D eigenvalue weighted by Gasteiger charge is -2.12. The van der Waals surface area contributed by atoms with E-state index < -0.39 is 0 Å². The molecule has 1 aliphatic rings. The third-order valence-corrected chi connectivity index (χ3v) is 3.18. The highest BCUT2D eigenvalue weighted by molar-refractivity contribution is 5.40. The van der Waals surface area contributed by atoms with Gasteiger partial charge in [0.05, 0.1) is 0 Å². The van der Waals surface area contributed by atoms with E-state index in [4.69, 9.17) is 5.11 Å². The number of nitrogens with one attached hydrogen (secondary N) is 1. The zero-order valence-corrected chi connectivity index (χ0v) is 9.87. The van der Waals surface area contributed by atoms with E-state index in [9.17, 15) is 0 Å². The average Bonchev–Trinajstić information content (AvgIpc) is 2.74. The maximum Gasteiger partial charge on any atom is 0.126 e. The van der Waals surface area contributed by atoms with Gasteiger partial charge in [0.25, 0.3) is 0 Å². The lowest BCUT2D eigenvalue weighted by molar-refractivity contribution is 0.266. The second-order valence-corrected chi connectivity index (χ2v) is 4.65. The summed E-state index contributed by atoms with van der Waals surface area (Å²) in [6.45, 7) is 3.28. The van der Waals surface area contributed by atoms with Crippen LogP contribution in [0.15, 0.2) is 12.1 Å². The molecule has 0 saturated carbocycles. The average molecular weight is 220 g/mol. The van der Waals surface area contributed by atoms with Gasteiger partial charge in [-0.25, -0.2) is 4.98 Å². The topological polar surface area (TPSA) is 45.1 Å². The van der Waals surface area contributed by atoms with E-state index in [2.05, 4.69) is 29.4 Å². The molecule has 0 fully saturated rings. The van der Waals surface area contributed by atoms with Crippen LogP contribution >= 0.6 is 0 Å². The molecule has 0 aliphatic heterocycles. The minimum Gasteiger partial charge on any atom is -0.396 e. The van der Waals surface area contributed by atoms with Crippen molar-refractivity contribution in [2.75, 3.05) is 18.5 Å². The van der Waals surface area contributed by atoms with Crippen LogP contribution in [0.5, 0.6) is 0 Å². The molecule has 1 unspecified atom stereocenters. The number of aliphatic hydroxyl groups is 1. The minimum atomic E-state index is 0.264. The molecule has 88 valence electrons. The van der Waals surface area contributed by atoms with Gasteiger partial charge in [0.2, 0.25) is 0 Å². The van der Waals surface area contributed by atoms with Gasteiger partial charge in [0, 0.05) is 18.8 Å². The molecule has 3 heteroatoms. The summed E-state index contributed by atoms with van der Waals surface area (Å²) in [5, 5.41) is 12.2. The molecular weight excluding hydrogens is 200 g/mol. The quantitative estimate of drug-likeness (QED) is 0.797. The molecule has 1 aromatic heterocycles. The third kappa shape index (κ3) is 2.73. The molecule has 0 aromatic carbocycles. The Labute approximate surface area is 96.9 Å². The zero-order chi connectivity index (χ0) is 11.4. The summed E-state index contributed by atoms with van der Waals surface area (Å²) in [6, 6.07) is 4.25. The van der Waals surface area contributed by atoms with Gasteiger partial charge in [-0.15, -0.1) is 0 Å². The predicted octanol–water partition coefficient (Wildman–Crippen LogP) is 2.00. The maximum absolute atomic E-state index is 8.82. The van der Waals surface area contributed by atoms with Crippen molar-refractivity contribution in [3.63, 3.8) is 0 Å². The standard InChI is InChI=1S/C13H20N2O/c1-10(7-8-16)9-14-13-6-5-11-3-2-4-12(11)15-13/h5-6,10,16H,2-4,7-9H2,1H3,(H,14,15). The number of pyridine rings is 1. The largest absolute Gasteiger partial charge is 0.396 e. The summed E-state index contributed by atoms with van der Waals surface area (Å²) >= 11 is 0. The number of aryl methyl sites for hydroxylation is 2. The monoisotopic (exact) mass is 220 g/mol. The Hall–Kier alpha value is -1.09. The fourth-order valence-corrected chi connectivity index (χ4v) is 2.12. The molecular formula is C13H20N2O. The molecule has 1 atom stereocenters. The summed E-state index contributed by atoms with van der Waals surface area (Å²) < 4.78 is 0. The fraction of sp³-hybridized carbons (Fsp3) is 0.615. The summed E-state index contributed by atoms with van der Waals surface area (Å²) in [7, 11) is 0. The molecule has 1 aromatic rings. The van der Waals surface area contributed by atoms with E-state index in [1.807, 2.05) is 0 Å². The molecule has 3 nitrogen and oxygen atoms in total. The molecule has 1 aliphatic carbocycles. The molecule has 0 spiro atoms. The van der Waals surface area contributed by atoms with Crippen LogP contribution in [-0.4, -0.2) is 23.2 Å².